The van der Waals surface area contributed by atoms with Crippen LogP contribution in [-0.2, 0) is 11.3 Å². The van der Waals surface area contributed by atoms with Crippen LogP contribution in [-0.4, -0.2) is 58.1 Å². The molecule has 0 saturated carbocycles. The number of morpholine rings is 1. The van der Waals surface area contributed by atoms with Gasteiger partial charge in [0, 0.05) is 19.2 Å². The number of hydrogen-bond acceptors (Lipinski definition) is 5. The Kier molecular flexibility index (Phi) is 4.86. The second kappa shape index (κ2) is 6.62. The molecule has 1 N–H and O–H groups in total. The van der Waals surface area contributed by atoms with Gasteiger partial charge in [-0.25, -0.2) is 4.68 Å². The number of nitrogens with zero attached hydrogens (tertiary/aromatic N) is 3. The smallest absolute Gasteiger partial charge is 0.274 e. The van der Waals surface area contributed by atoms with Crippen molar-refractivity contribution in [3.05, 3.63) is 28.2 Å². The third-order valence-electron chi connectivity index (χ3n) is 3.22. The van der Waals surface area contributed by atoms with E-state index in [0.717, 1.165) is 6.42 Å². The highest BCUT2D eigenvalue weighted by Crippen LogP contribution is 2.10. The fourth-order valence-electron chi connectivity index (χ4n) is 2.16. The Bertz CT molecular complexity index is 529. The number of aromatic nitrogens is 2. The lowest BCUT2D eigenvalue weighted by Gasteiger charge is -2.34. The third kappa shape index (κ3) is 3.05. The summed E-state index contributed by atoms with van der Waals surface area (Å²) in [5.74, 6) is -0.280. The molecule has 1 aromatic heterocycles. The molecule has 1 fully saturated rings. The van der Waals surface area contributed by atoms with E-state index in [1.807, 2.05) is 6.92 Å². The summed E-state index contributed by atoms with van der Waals surface area (Å²) >= 11 is 0. The molecule has 20 heavy (non-hydrogen) atoms. The van der Waals surface area contributed by atoms with E-state index in [0.29, 0.717) is 26.3 Å². The molecule has 1 unspecified atom stereocenters. The zero-order chi connectivity index (χ0) is 14.5. The van der Waals surface area contributed by atoms with Crippen molar-refractivity contribution in [1.29, 1.82) is 0 Å². The van der Waals surface area contributed by atoms with Gasteiger partial charge in [0.25, 0.3) is 11.5 Å². The van der Waals surface area contributed by atoms with Crippen LogP contribution in [0.25, 0.3) is 0 Å². The highest BCUT2D eigenvalue weighted by atomic mass is 16.5. The summed E-state index contributed by atoms with van der Waals surface area (Å²) in [6.07, 6.45) is 0.765. The van der Waals surface area contributed by atoms with Crippen LogP contribution in [0.1, 0.15) is 23.8 Å². The summed E-state index contributed by atoms with van der Waals surface area (Å²) < 4.78 is 6.53. The van der Waals surface area contributed by atoms with Gasteiger partial charge in [0.1, 0.15) is 5.69 Å². The van der Waals surface area contributed by atoms with E-state index < -0.39 is 0 Å². The number of aliphatic hydroxyl groups is 1. The second-order valence-electron chi connectivity index (χ2n) is 4.69. The maximum Gasteiger partial charge on any atom is 0.274 e. The Balaban J connectivity index is 2.23. The molecule has 0 radical (unpaired) electrons. The molecule has 1 atom stereocenters. The normalized spacial score (nSPS) is 19.1. The van der Waals surface area contributed by atoms with Crippen molar-refractivity contribution >= 4 is 5.91 Å². The van der Waals surface area contributed by atoms with Gasteiger partial charge in [-0.1, -0.05) is 6.92 Å². The van der Waals surface area contributed by atoms with E-state index in [2.05, 4.69) is 5.10 Å². The Morgan fingerprint density at radius 2 is 2.35 bits per heavy atom. The molecule has 1 aromatic rings. The monoisotopic (exact) mass is 281 g/mol. The van der Waals surface area contributed by atoms with Crippen molar-refractivity contribution in [2.45, 2.75) is 25.9 Å². The van der Waals surface area contributed by atoms with Crippen LogP contribution in [0.5, 0.6) is 0 Å². The van der Waals surface area contributed by atoms with Gasteiger partial charge in [-0.05, 0) is 12.5 Å². The number of hydrogen-bond donors (Lipinski definition) is 1. The summed E-state index contributed by atoms with van der Waals surface area (Å²) in [5, 5.41) is 13.4. The Hall–Kier alpha value is -1.73. The summed E-state index contributed by atoms with van der Waals surface area (Å²) in [4.78, 5) is 25.6. The number of ether oxygens (including phenoxy) is 1. The molecule has 1 aliphatic rings. The first-order chi connectivity index (χ1) is 9.67. The molecule has 1 aliphatic heterocycles. The lowest BCUT2D eigenvalue weighted by molar-refractivity contribution is -0.0187. The zero-order valence-electron chi connectivity index (χ0n) is 11.5. The minimum Gasteiger partial charge on any atom is -0.394 e. The fraction of sp³-hybridized carbons (Fsp3) is 0.615. The first-order valence-electron chi connectivity index (χ1n) is 6.75. The topological polar surface area (TPSA) is 84.7 Å². The minimum atomic E-state index is -0.357. The molecule has 0 spiro atoms. The van der Waals surface area contributed by atoms with Gasteiger partial charge >= 0.3 is 0 Å². The van der Waals surface area contributed by atoms with Crippen LogP contribution in [0.2, 0.25) is 0 Å². The van der Waals surface area contributed by atoms with Crippen LogP contribution in [0.3, 0.4) is 0 Å². The number of carbonyl (C=O) groups is 1. The highest BCUT2D eigenvalue weighted by molar-refractivity contribution is 5.92. The number of rotatable bonds is 4. The van der Waals surface area contributed by atoms with Gasteiger partial charge in [0.15, 0.2) is 0 Å². The Morgan fingerprint density at radius 3 is 3.05 bits per heavy atom. The molecule has 1 saturated heterocycles. The van der Waals surface area contributed by atoms with Crippen molar-refractivity contribution in [1.82, 2.24) is 14.7 Å². The quantitative estimate of drug-likeness (QED) is 0.803. The highest BCUT2D eigenvalue weighted by Gasteiger charge is 2.28. The molecule has 2 heterocycles. The number of carbonyl (C=O) groups excluding carboxylic acids is 1. The number of aryl methyl sites for hydroxylation is 1. The maximum absolute atomic E-state index is 12.4. The Labute approximate surface area is 116 Å². The van der Waals surface area contributed by atoms with Gasteiger partial charge in [0.2, 0.25) is 0 Å². The zero-order valence-corrected chi connectivity index (χ0v) is 11.5. The van der Waals surface area contributed by atoms with Crippen LogP contribution in [0.4, 0.5) is 0 Å². The van der Waals surface area contributed by atoms with E-state index in [9.17, 15) is 14.7 Å². The average molecular weight is 281 g/mol. The van der Waals surface area contributed by atoms with Crippen molar-refractivity contribution in [2.24, 2.45) is 0 Å². The minimum absolute atomic E-state index is 0.152. The molecular formula is C13H19N3O4. The number of aliphatic hydroxyl groups excluding tert-OH is 1. The van der Waals surface area contributed by atoms with Crippen LogP contribution in [0.15, 0.2) is 16.9 Å². The fourth-order valence-corrected chi connectivity index (χ4v) is 2.16. The van der Waals surface area contributed by atoms with E-state index in [1.165, 1.54) is 16.8 Å². The molecule has 0 bridgehead atoms. The molecule has 7 nitrogen and oxygen atoms in total. The molecule has 0 aliphatic carbocycles. The molecule has 2 rings (SSSR count). The van der Waals surface area contributed by atoms with E-state index in [-0.39, 0.29) is 29.8 Å². The van der Waals surface area contributed by atoms with Gasteiger partial charge < -0.3 is 14.7 Å². The second-order valence-corrected chi connectivity index (χ2v) is 4.69. The number of amides is 1. The lowest BCUT2D eigenvalue weighted by atomic mass is 10.2. The largest absolute Gasteiger partial charge is 0.394 e. The average Bonchev–Trinajstić information content (AvgIpc) is 2.49. The van der Waals surface area contributed by atoms with Gasteiger partial charge in [-0.2, -0.15) is 5.10 Å². The maximum atomic E-state index is 12.4. The summed E-state index contributed by atoms with van der Waals surface area (Å²) in [5.41, 5.74) is 0.00230. The predicted octanol–water partition coefficient (Wildman–Crippen LogP) is -0.513. The van der Waals surface area contributed by atoms with Gasteiger partial charge in [0.05, 0.1) is 25.9 Å². The standard InChI is InChI=1S/C13H19N3O4/c1-2-5-16-12(18)4-3-11(14-16)13(19)15-6-7-20-9-10(15)8-17/h3-4,10,17H,2,5-9H2,1H3. The molecule has 110 valence electrons. The SMILES string of the molecule is CCCn1nc(C(=O)N2CCOCC2CO)ccc1=O. The molecule has 1 amide bonds. The van der Waals surface area contributed by atoms with Crippen molar-refractivity contribution < 1.29 is 14.6 Å². The van der Waals surface area contributed by atoms with Crippen molar-refractivity contribution in [3.8, 4) is 0 Å². The van der Waals surface area contributed by atoms with Crippen molar-refractivity contribution in [2.75, 3.05) is 26.4 Å². The predicted molar refractivity (Wildman–Crippen MR) is 71.5 cm³/mol. The van der Waals surface area contributed by atoms with Crippen LogP contribution >= 0.6 is 0 Å². The summed E-state index contributed by atoms with van der Waals surface area (Å²) in [6.45, 7) is 3.44. The molecular weight excluding hydrogens is 262 g/mol. The van der Waals surface area contributed by atoms with Gasteiger partial charge in [-0.3, -0.25) is 9.59 Å². The molecule has 0 aromatic carbocycles. The summed E-state index contributed by atoms with van der Waals surface area (Å²) in [7, 11) is 0. The van der Waals surface area contributed by atoms with E-state index in [1.54, 1.807) is 4.90 Å². The first kappa shape index (κ1) is 14.7. The first-order valence-corrected chi connectivity index (χ1v) is 6.75. The van der Waals surface area contributed by atoms with Crippen LogP contribution in [0, 0.1) is 0 Å². The van der Waals surface area contributed by atoms with E-state index in [4.69, 9.17) is 4.74 Å². The van der Waals surface area contributed by atoms with E-state index >= 15 is 0 Å². The Morgan fingerprint density at radius 1 is 1.55 bits per heavy atom. The van der Waals surface area contributed by atoms with Crippen LogP contribution < -0.4 is 5.56 Å². The lowest BCUT2D eigenvalue weighted by Crippen LogP contribution is -2.50. The summed E-state index contributed by atoms with van der Waals surface area (Å²) in [6, 6.07) is 2.43. The third-order valence-corrected chi connectivity index (χ3v) is 3.22. The van der Waals surface area contributed by atoms with Crippen molar-refractivity contribution in [3.63, 3.8) is 0 Å². The van der Waals surface area contributed by atoms with Gasteiger partial charge in [-0.15, -0.1) is 0 Å². The molecule has 7 heteroatoms.